The molecule has 14 heavy (non-hydrogen) atoms. The van der Waals surface area contributed by atoms with Gasteiger partial charge in [0.05, 0.1) is 0 Å². The van der Waals surface area contributed by atoms with Crippen LogP contribution in [0.4, 0.5) is 5.13 Å². The first-order valence-corrected chi connectivity index (χ1v) is 5.94. The van der Waals surface area contributed by atoms with E-state index in [9.17, 15) is 0 Å². The first kappa shape index (κ1) is 9.90. The summed E-state index contributed by atoms with van der Waals surface area (Å²) in [7, 11) is 0. The van der Waals surface area contributed by atoms with E-state index in [4.69, 9.17) is 0 Å². The molecule has 0 atom stereocenters. The van der Waals surface area contributed by atoms with Crippen LogP contribution in [0.3, 0.4) is 0 Å². The molecule has 1 heterocycles. The maximum Gasteiger partial charge on any atom is 0.202 e. The van der Waals surface area contributed by atoms with Gasteiger partial charge in [-0.2, -0.15) is 4.37 Å². The summed E-state index contributed by atoms with van der Waals surface area (Å²) in [6.45, 7) is 7.59. The zero-order valence-electron chi connectivity index (χ0n) is 9.00. The van der Waals surface area contributed by atoms with E-state index in [2.05, 4.69) is 35.4 Å². The van der Waals surface area contributed by atoms with Gasteiger partial charge in [-0.1, -0.05) is 20.8 Å². The third-order valence-corrected chi connectivity index (χ3v) is 3.41. The molecule has 1 saturated carbocycles. The van der Waals surface area contributed by atoms with Crippen molar-refractivity contribution in [3.05, 3.63) is 5.82 Å². The normalized spacial score (nSPS) is 18.6. The van der Waals surface area contributed by atoms with Gasteiger partial charge in [0.2, 0.25) is 5.13 Å². The SMILES string of the molecule is CC(C)c1nsc(NCC2(C)CC2)n1. The molecular weight excluding hydrogens is 194 g/mol. The fourth-order valence-corrected chi connectivity index (χ4v) is 1.92. The molecule has 78 valence electrons. The van der Waals surface area contributed by atoms with Crippen molar-refractivity contribution in [2.75, 3.05) is 11.9 Å². The maximum absolute atomic E-state index is 4.44. The Bertz CT molecular complexity index is 315. The number of rotatable bonds is 4. The summed E-state index contributed by atoms with van der Waals surface area (Å²) in [5.74, 6) is 1.39. The molecule has 4 heteroatoms. The predicted molar refractivity (Wildman–Crippen MR) is 59.8 cm³/mol. The van der Waals surface area contributed by atoms with Crippen molar-refractivity contribution in [3.8, 4) is 0 Å². The summed E-state index contributed by atoms with van der Waals surface area (Å²) in [5, 5.41) is 4.34. The Kier molecular flexibility index (Phi) is 2.47. The fraction of sp³-hybridized carbons (Fsp3) is 0.800. The molecule has 1 aromatic heterocycles. The van der Waals surface area contributed by atoms with E-state index >= 15 is 0 Å². The van der Waals surface area contributed by atoms with Gasteiger partial charge in [0.15, 0.2) is 0 Å². The van der Waals surface area contributed by atoms with Gasteiger partial charge in [0.25, 0.3) is 0 Å². The van der Waals surface area contributed by atoms with Crippen LogP contribution in [0.5, 0.6) is 0 Å². The maximum atomic E-state index is 4.44. The van der Waals surface area contributed by atoms with Crippen molar-refractivity contribution in [3.63, 3.8) is 0 Å². The van der Waals surface area contributed by atoms with E-state index in [0.29, 0.717) is 11.3 Å². The molecule has 0 spiro atoms. The molecule has 1 fully saturated rings. The summed E-state index contributed by atoms with van der Waals surface area (Å²) in [5.41, 5.74) is 0.531. The molecule has 0 amide bonds. The van der Waals surface area contributed by atoms with E-state index < -0.39 is 0 Å². The lowest BCUT2D eigenvalue weighted by Crippen LogP contribution is -2.11. The summed E-state index contributed by atoms with van der Waals surface area (Å²) in [4.78, 5) is 4.44. The van der Waals surface area contributed by atoms with Gasteiger partial charge >= 0.3 is 0 Å². The molecule has 0 saturated heterocycles. The number of nitrogens with one attached hydrogen (secondary N) is 1. The lowest BCUT2D eigenvalue weighted by Gasteiger charge is -2.07. The van der Waals surface area contributed by atoms with Crippen LogP contribution >= 0.6 is 11.5 Å². The molecule has 3 nitrogen and oxygen atoms in total. The van der Waals surface area contributed by atoms with Crippen molar-refractivity contribution in [2.24, 2.45) is 5.41 Å². The highest BCUT2D eigenvalue weighted by atomic mass is 32.1. The number of aromatic nitrogens is 2. The van der Waals surface area contributed by atoms with Crippen molar-refractivity contribution in [1.29, 1.82) is 0 Å². The van der Waals surface area contributed by atoms with Crippen LogP contribution in [0.2, 0.25) is 0 Å². The fourth-order valence-electron chi connectivity index (χ4n) is 1.22. The number of hydrogen-bond acceptors (Lipinski definition) is 4. The predicted octanol–water partition coefficient (Wildman–Crippen LogP) is 2.87. The molecule has 1 aliphatic carbocycles. The summed E-state index contributed by atoms with van der Waals surface area (Å²) in [6, 6.07) is 0. The summed E-state index contributed by atoms with van der Waals surface area (Å²) < 4.78 is 4.30. The zero-order chi connectivity index (χ0) is 10.2. The third-order valence-electron chi connectivity index (χ3n) is 2.73. The number of hydrogen-bond donors (Lipinski definition) is 1. The monoisotopic (exact) mass is 211 g/mol. The smallest absolute Gasteiger partial charge is 0.202 e. The third kappa shape index (κ3) is 2.23. The zero-order valence-corrected chi connectivity index (χ0v) is 9.82. The van der Waals surface area contributed by atoms with Crippen molar-refractivity contribution in [1.82, 2.24) is 9.36 Å². The summed E-state index contributed by atoms with van der Waals surface area (Å²) >= 11 is 1.47. The van der Waals surface area contributed by atoms with Gasteiger partial charge in [-0.25, -0.2) is 4.98 Å². The lowest BCUT2D eigenvalue weighted by molar-refractivity contribution is 0.610. The van der Waals surface area contributed by atoms with Crippen LogP contribution in [-0.2, 0) is 0 Å². The minimum Gasteiger partial charge on any atom is -0.360 e. The van der Waals surface area contributed by atoms with E-state index in [-0.39, 0.29) is 0 Å². The lowest BCUT2D eigenvalue weighted by atomic mass is 10.1. The molecule has 0 radical (unpaired) electrons. The largest absolute Gasteiger partial charge is 0.360 e. The standard InChI is InChI=1S/C10H17N3S/c1-7(2)8-12-9(14-13-8)11-6-10(3)4-5-10/h7H,4-6H2,1-3H3,(H,11,12,13). The topological polar surface area (TPSA) is 37.8 Å². The highest BCUT2D eigenvalue weighted by Crippen LogP contribution is 2.44. The Morgan fingerprint density at radius 3 is 2.71 bits per heavy atom. The van der Waals surface area contributed by atoms with Gasteiger partial charge in [0, 0.05) is 24.0 Å². The van der Waals surface area contributed by atoms with Gasteiger partial charge in [0.1, 0.15) is 5.82 Å². The van der Waals surface area contributed by atoms with E-state index in [1.165, 1.54) is 24.4 Å². The Labute approximate surface area is 89.1 Å². The second-order valence-corrected chi connectivity index (χ2v) is 5.53. The van der Waals surface area contributed by atoms with Crippen LogP contribution in [0.1, 0.15) is 45.4 Å². The van der Waals surface area contributed by atoms with E-state index in [0.717, 1.165) is 17.5 Å². The second-order valence-electron chi connectivity index (χ2n) is 4.78. The minimum absolute atomic E-state index is 0.429. The van der Waals surface area contributed by atoms with Gasteiger partial charge in [-0.05, 0) is 18.3 Å². The Hall–Kier alpha value is -0.640. The first-order chi connectivity index (χ1) is 6.59. The Morgan fingerprint density at radius 2 is 2.21 bits per heavy atom. The van der Waals surface area contributed by atoms with Crippen molar-refractivity contribution < 1.29 is 0 Å². The van der Waals surface area contributed by atoms with Crippen LogP contribution in [0.25, 0.3) is 0 Å². The quantitative estimate of drug-likeness (QED) is 0.832. The second kappa shape index (κ2) is 3.50. The van der Waals surface area contributed by atoms with Crippen LogP contribution in [0, 0.1) is 5.41 Å². The highest BCUT2D eigenvalue weighted by molar-refractivity contribution is 7.09. The van der Waals surface area contributed by atoms with Gasteiger partial charge in [-0.15, -0.1) is 0 Å². The van der Waals surface area contributed by atoms with E-state index in [1.54, 1.807) is 0 Å². The van der Waals surface area contributed by atoms with Gasteiger partial charge in [-0.3, -0.25) is 0 Å². The number of anilines is 1. The molecule has 2 rings (SSSR count). The van der Waals surface area contributed by atoms with Crippen LogP contribution < -0.4 is 5.32 Å². The molecule has 0 aromatic carbocycles. The van der Waals surface area contributed by atoms with E-state index in [1.807, 2.05) is 0 Å². The molecule has 1 N–H and O–H groups in total. The van der Waals surface area contributed by atoms with Crippen molar-refractivity contribution >= 4 is 16.7 Å². The molecule has 1 aliphatic rings. The minimum atomic E-state index is 0.429. The number of nitrogens with zero attached hydrogens (tertiary/aromatic N) is 2. The van der Waals surface area contributed by atoms with Crippen LogP contribution in [0.15, 0.2) is 0 Å². The average Bonchev–Trinajstić information content (AvgIpc) is 2.68. The summed E-state index contributed by atoms with van der Waals surface area (Å²) in [6.07, 6.45) is 2.69. The molecule has 0 bridgehead atoms. The molecule has 0 aliphatic heterocycles. The Balaban J connectivity index is 1.90. The van der Waals surface area contributed by atoms with Gasteiger partial charge < -0.3 is 5.32 Å². The molecule has 1 aromatic rings. The Morgan fingerprint density at radius 1 is 1.50 bits per heavy atom. The molecular formula is C10H17N3S. The van der Waals surface area contributed by atoms with Crippen molar-refractivity contribution in [2.45, 2.75) is 39.5 Å². The van der Waals surface area contributed by atoms with Crippen LogP contribution in [-0.4, -0.2) is 15.9 Å². The highest BCUT2D eigenvalue weighted by Gasteiger charge is 2.36. The first-order valence-electron chi connectivity index (χ1n) is 5.17. The average molecular weight is 211 g/mol. The molecule has 0 unspecified atom stereocenters.